The van der Waals surface area contributed by atoms with Crippen LogP contribution in [0.5, 0.6) is 0 Å². The van der Waals surface area contributed by atoms with E-state index in [-0.39, 0.29) is 4.90 Å². The molecule has 0 radical (unpaired) electrons. The van der Waals surface area contributed by atoms with Crippen LogP contribution in [0.2, 0.25) is 0 Å². The summed E-state index contributed by atoms with van der Waals surface area (Å²) in [4.78, 5) is 0.172. The van der Waals surface area contributed by atoms with Crippen molar-refractivity contribution in [2.24, 2.45) is 0 Å². The maximum absolute atomic E-state index is 12.0. The van der Waals surface area contributed by atoms with Crippen molar-refractivity contribution in [3.8, 4) is 0 Å². The van der Waals surface area contributed by atoms with Gasteiger partial charge >= 0.3 is 0 Å². The van der Waals surface area contributed by atoms with E-state index in [1.807, 2.05) is 6.92 Å². The third-order valence-corrected chi connectivity index (χ3v) is 4.04. The highest BCUT2D eigenvalue weighted by Gasteiger charge is 2.19. The van der Waals surface area contributed by atoms with Gasteiger partial charge in [0.2, 0.25) is 0 Å². The van der Waals surface area contributed by atoms with Crippen LogP contribution >= 0.6 is 0 Å². The predicted molar refractivity (Wildman–Crippen MR) is 71.1 cm³/mol. The first-order valence-corrected chi connectivity index (χ1v) is 7.35. The summed E-state index contributed by atoms with van der Waals surface area (Å²) < 4.78 is 30.8. The molecule has 0 fully saturated rings. The summed E-state index contributed by atoms with van der Waals surface area (Å²) in [7, 11) is -3.72. The zero-order valence-electron chi connectivity index (χ0n) is 10.9. The van der Waals surface area contributed by atoms with Gasteiger partial charge in [0.15, 0.2) is 0 Å². The van der Waals surface area contributed by atoms with E-state index in [2.05, 4.69) is 5.10 Å². The summed E-state index contributed by atoms with van der Waals surface area (Å²) in [6.45, 7) is 3.99. The molecule has 0 aliphatic heterocycles. The van der Waals surface area contributed by atoms with Crippen molar-refractivity contribution in [1.82, 2.24) is 9.78 Å². The maximum Gasteiger partial charge on any atom is 0.297 e. The van der Waals surface area contributed by atoms with Crippen LogP contribution in [0.25, 0.3) is 0 Å². The standard InChI is InChI=1S/C13H16N2O3S/c1-11-4-6-13(7-5-11)19(16,17)18-12(2)10-15-9-3-8-14-15/h3-9,12H,10H2,1-2H3. The molecule has 0 spiro atoms. The molecule has 0 saturated heterocycles. The molecule has 0 aliphatic rings. The highest BCUT2D eigenvalue weighted by atomic mass is 32.2. The summed E-state index contributed by atoms with van der Waals surface area (Å²) in [5, 5.41) is 4.01. The molecule has 0 amide bonds. The molecule has 0 N–H and O–H groups in total. The van der Waals surface area contributed by atoms with Gasteiger partial charge in [-0.3, -0.25) is 8.86 Å². The smallest absolute Gasteiger partial charge is 0.270 e. The van der Waals surface area contributed by atoms with Gasteiger partial charge in [-0.05, 0) is 32.0 Å². The van der Waals surface area contributed by atoms with E-state index in [0.717, 1.165) is 5.56 Å². The fourth-order valence-corrected chi connectivity index (χ4v) is 2.75. The molecule has 1 unspecified atom stereocenters. The molecule has 1 aromatic carbocycles. The van der Waals surface area contributed by atoms with Crippen molar-refractivity contribution < 1.29 is 12.6 Å². The summed E-state index contributed by atoms with van der Waals surface area (Å²) >= 11 is 0. The third-order valence-electron chi connectivity index (χ3n) is 2.60. The van der Waals surface area contributed by atoms with Crippen molar-refractivity contribution in [2.45, 2.75) is 31.4 Å². The van der Waals surface area contributed by atoms with E-state index >= 15 is 0 Å². The quantitative estimate of drug-likeness (QED) is 0.786. The van der Waals surface area contributed by atoms with Gasteiger partial charge in [0.05, 0.1) is 17.5 Å². The second-order valence-electron chi connectivity index (χ2n) is 4.40. The van der Waals surface area contributed by atoms with E-state index in [4.69, 9.17) is 4.18 Å². The Labute approximate surface area is 113 Å². The SMILES string of the molecule is Cc1ccc(S(=O)(=O)OC(C)Cn2cccn2)cc1. The number of nitrogens with zero attached hydrogens (tertiary/aromatic N) is 2. The molecule has 1 atom stereocenters. The highest BCUT2D eigenvalue weighted by molar-refractivity contribution is 7.86. The molecule has 0 aliphatic carbocycles. The van der Waals surface area contributed by atoms with Crippen molar-refractivity contribution in [3.05, 3.63) is 48.3 Å². The first-order chi connectivity index (χ1) is 8.97. The monoisotopic (exact) mass is 280 g/mol. The number of rotatable bonds is 5. The zero-order chi connectivity index (χ0) is 13.9. The number of hydrogen-bond acceptors (Lipinski definition) is 4. The average molecular weight is 280 g/mol. The molecular formula is C13H16N2O3S. The zero-order valence-corrected chi connectivity index (χ0v) is 11.7. The van der Waals surface area contributed by atoms with Crippen molar-refractivity contribution in [3.63, 3.8) is 0 Å². The van der Waals surface area contributed by atoms with Crippen LogP contribution in [0.3, 0.4) is 0 Å². The Morgan fingerprint density at radius 2 is 2.00 bits per heavy atom. The fraction of sp³-hybridized carbons (Fsp3) is 0.308. The van der Waals surface area contributed by atoms with Gasteiger partial charge in [-0.1, -0.05) is 17.7 Å². The molecule has 0 bridgehead atoms. The Balaban J connectivity index is 2.06. The Hall–Kier alpha value is -1.66. The summed E-state index contributed by atoms with van der Waals surface area (Å²) in [5.41, 5.74) is 1.00. The van der Waals surface area contributed by atoms with E-state index in [0.29, 0.717) is 6.54 Å². The molecule has 19 heavy (non-hydrogen) atoms. The Morgan fingerprint density at radius 1 is 1.32 bits per heavy atom. The van der Waals surface area contributed by atoms with Gasteiger partial charge in [0, 0.05) is 12.4 Å². The molecule has 1 heterocycles. The van der Waals surface area contributed by atoms with Gasteiger partial charge in [0.25, 0.3) is 10.1 Å². The molecule has 2 aromatic rings. The predicted octanol–water partition coefficient (Wildman–Crippen LogP) is 1.99. The second-order valence-corrected chi connectivity index (χ2v) is 5.97. The first-order valence-electron chi connectivity index (χ1n) is 5.95. The van der Waals surface area contributed by atoms with E-state index < -0.39 is 16.2 Å². The minimum Gasteiger partial charge on any atom is -0.270 e. The van der Waals surface area contributed by atoms with Crippen LogP contribution in [0.1, 0.15) is 12.5 Å². The van der Waals surface area contributed by atoms with Gasteiger partial charge in [-0.25, -0.2) is 0 Å². The van der Waals surface area contributed by atoms with E-state index in [9.17, 15) is 8.42 Å². The van der Waals surface area contributed by atoms with E-state index in [1.165, 1.54) is 0 Å². The molecule has 0 saturated carbocycles. The molecular weight excluding hydrogens is 264 g/mol. The lowest BCUT2D eigenvalue weighted by atomic mass is 10.2. The number of aromatic nitrogens is 2. The molecule has 6 heteroatoms. The Bertz CT molecular complexity index is 618. The average Bonchev–Trinajstić information content (AvgIpc) is 2.81. The van der Waals surface area contributed by atoms with Crippen molar-refractivity contribution >= 4 is 10.1 Å². The fourth-order valence-electron chi connectivity index (χ4n) is 1.68. The lowest BCUT2D eigenvalue weighted by Gasteiger charge is -2.13. The van der Waals surface area contributed by atoms with Gasteiger partial charge in [0.1, 0.15) is 0 Å². The van der Waals surface area contributed by atoms with Gasteiger partial charge < -0.3 is 0 Å². The topological polar surface area (TPSA) is 61.2 Å². The molecule has 2 rings (SSSR count). The normalized spacial score (nSPS) is 13.4. The molecule has 102 valence electrons. The number of benzene rings is 1. The van der Waals surface area contributed by atoms with Crippen LogP contribution in [0, 0.1) is 6.92 Å². The number of hydrogen-bond donors (Lipinski definition) is 0. The lowest BCUT2D eigenvalue weighted by Crippen LogP contribution is -2.21. The van der Waals surface area contributed by atoms with Gasteiger partial charge in [-0.15, -0.1) is 0 Å². The lowest BCUT2D eigenvalue weighted by molar-refractivity contribution is 0.201. The first kappa shape index (κ1) is 13.8. The van der Waals surface area contributed by atoms with Crippen LogP contribution in [-0.2, 0) is 20.8 Å². The molecule has 1 aromatic heterocycles. The molecule has 5 nitrogen and oxygen atoms in total. The number of aryl methyl sites for hydroxylation is 1. The van der Waals surface area contributed by atoms with Crippen LogP contribution < -0.4 is 0 Å². The Kier molecular flexibility index (Phi) is 4.01. The van der Waals surface area contributed by atoms with Crippen LogP contribution in [0.4, 0.5) is 0 Å². The van der Waals surface area contributed by atoms with Crippen LogP contribution in [-0.4, -0.2) is 24.3 Å². The maximum atomic E-state index is 12.0. The largest absolute Gasteiger partial charge is 0.297 e. The second kappa shape index (κ2) is 5.54. The summed E-state index contributed by atoms with van der Waals surface area (Å²) in [5.74, 6) is 0. The minimum atomic E-state index is -3.72. The third kappa shape index (κ3) is 3.65. The van der Waals surface area contributed by atoms with Gasteiger partial charge in [-0.2, -0.15) is 13.5 Å². The Morgan fingerprint density at radius 3 is 2.58 bits per heavy atom. The highest BCUT2D eigenvalue weighted by Crippen LogP contribution is 2.15. The van der Waals surface area contributed by atoms with E-state index in [1.54, 1.807) is 54.3 Å². The minimum absolute atomic E-state index is 0.172. The van der Waals surface area contributed by atoms with Crippen molar-refractivity contribution in [1.29, 1.82) is 0 Å². The van der Waals surface area contributed by atoms with Crippen LogP contribution in [0.15, 0.2) is 47.6 Å². The van der Waals surface area contributed by atoms with Crippen molar-refractivity contribution in [2.75, 3.05) is 0 Å². The summed E-state index contributed by atoms with van der Waals surface area (Å²) in [6.07, 6.45) is 2.92. The summed E-state index contributed by atoms with van der Waals surface area (Å²) in [6, 6.07) is 8.36.